The minimum absolute atomic E-state index is 0.757. The Hall–Kier alpha value is -1.35. The lowest BCUT2D eigenvalue weighted by molar-refractivity contribution is -0.121. The molecule has 112 valence electrons. The van der Waals surface area contributed by atoms with Crippen LogP contribution in [-0.2, 0) is 23.8 Å². The molecule has 0 saturated carbocycles. The minimum atomic E-state index is -3.77. The largest absolute Gasteiger partial charge is 0.444 e. The van der Waals surface area contributed by atoms with Crippen LogP contribution in [-0.4, -0.2) is 44.4 Å². The molecule has 19 heavy (non-hydrogen) atoms. The fourth-order valence-corrected chi connectivity index (χ4v) is 1.85. The number of primary amides is 1. The van der Waals surface area contributed by atoms with E-state index in [1.54, 1.807) is 20.8 Å². The lowest BCUT2D eigenvalue weighted by atomic mass is 10.2. The third-order valence-corrected chi connectivity index (χ3v) is 2.43. The number of nitrogens with one attached hydrogen (secondary N) is 1. The van der Waals surface area contributed by atoms with Crippen molar-refractivity contribution in [1.82, 2.24) is 5.32 Å². The van der Waals surface area contributed by atoms with Crippen molar-refractivity contribution >= 4 is 22.1 Å². The van der Waals surface area contributed by atoms with E-state index in [1.165, 1.54) is 6.92 Å². The van der Waals surface area contributed by atoms with Crippen molar-refractivity contribution in [2.24, 2.45) is 5.73 Å². The van der Waals surface area contributed by atoms with Crippen LogP contribution in [0.2, 0.25) is 0 Å². The van der Waals surface area contributed by atoms with Gasteiger partial charge in [-0.25, -0.2) is 4.79 Å². The average molecular weight is 296 g/mol. The number of ether oxygens (including phenoxy) is 1. The van der Waals surface area contributed by atoms with E-state index in [-0.39, 0.29) is 0 Å². The number of hydrogen-bond donors (Lipinski definition) is 2. The van der Waals surface area contributed by atoms with Gasteiger partial charge in [0.2, 0.25) is 5.91 Å². The van der Waals surface area contributed by atoms with E-state index in [9.17, 15) is 18.0 Å². The van der Waals surface area contributed by atoms with Crippen molar-refractivity contribution in [3.63, 3.8) is 0 Å². The van der Waals surface area contributed by atoms with Gasteiger partial charge < -0.3 is 15.8 Å². The van der Waals surface area contributed by atoms with Crippen molar-refractivity contribution < 1.29 is 26.9 Å². The van der Waals surface area contributed by atoms with Crippen LogP contribution in [0.1, 0.15) is 27.7 Å². The summed E-state index contributed by atoms with van der Waals surface area (Å²) in [6.45, 7) is 6.22. The number of rotatable bonds is 5. The van der Waals surface area contributed by atoms with E-state index in [0.717, 1.165) is 6.26 Å². The van der Waals surface area contributed by atoms with Crippen LogP contribution in [0.3, 0.4) is 0 Å². The first-order chi connectivity index (χ1) is 8.32. The molecule has 2 atom stereocenters. The van der Waals surface area contributed by atoms with Gasteiger partial charge in [-0.3, -0.25) is 8.98 Å². The summed E-state index contributed by atoms with van der Waals surface area (Å²) in [6, 6.07) is -1.32. The Bertz CT molecular complexity index is 439. The van der Waals surface area contributed by atoms with E-state index in [4.69, 9.17) is 10.5 Å². The summed E-state index contributed by atoms with van der Waals surface area (Å²) in [5, 5.41) is 2.17. The molecule has 0 bridgehead atoms. The summed E-state index contributed by atoms with van der Waals surface area (Å²) >= 11 is 0. The van der Waals surface area contributed by atoms with E-state index >= 15 is 0 Å². The summed E-state index contributed by atoms with van der Waals surface area (Å²) in [4.78, 5) is 22.7. The summed E-state index contributed by atoms with van der Waals surface area (Å²) in [5.74, 6) is -0.929. The molecule has 0 spiro atoms. The molecule has 0 fully saturated rings. The minimum Gasteiger partial charge on any atom is -0.444 e. The van der Waals surface area contributed by atoms with E-state index in [0.29, 0.717) is 0 Å². The Morgan fingerprint density at radius 2 is 1.74 bits per heavy atom. The first-order valence-corrected chi connectivity index (χ1v) is 7.30. The molecule has 0 aromatic rings. The van der Waals surface area contributed by atoms with Crippen LogP contribution in [0.15, 0.2) is 0 Å². The lowest BCUT2D eigenvalue weighted by Crippen LogP contribution is -2.52. The second kappa shape index (κ2) is 6.20. The maximum absolute atomic E-state index is 11.5. The highest BCUT2D eigenvalue weighted by Gasteiger charge is 2.30. The molecule has 0 aliphatic carbocycles. The Labute approximate surface area is 112 Å². The van der Waals surface area contributed by atoms with Gasteiger partial charge in [0.1, 0.15) is 17.7 Å². The summed E-state index contributed by atoms with van der Waals surface area (Å²) in [7, 11) is -3.77. The summed E-state index contributed by atoms with van der Waals surface area (Å²) in [5.41, 5.74) is 4.33. The van der Waals surface area contributed by atoms with E-state index < -0.39 is 39.9 Å². The Kier molecular flexibility index (Phi) is 5.76. The van der Waals surface area contributed by atoms with Gasteiger partial charge in [-0.1, -0.05) is 0 Å². The van der Waals surface area contributed by atoms with Crippen LogP contribution in [0.25, 0.3) is 0 Å². The van der Waals surface area contributed by atoms with Crippen molar-refractivity contribution in [2.75, 3.05) is 6.26 Å². The van der Waals surface area contributed by atoms with Gasteiger partial charge in [0.25, 0.3) is 10.1 Å². The Balaban J connectivity index is 4.76. The second-order valence-electron chi connectivity index (χ2n) is 5.03. The predicted molar refractivity (Wildman–Crippen MR) is 67.7 cm³/mol. The zero-order chi connectivity index (χ0) is 15.4. The van der Waals surface area contributed by atoms with Gasteiger partial charge >= 0.3 is 6.09 Å². The predicted octanol–water partition coefficient (Wildman–Crippen LogP) is -0.270. The van der Waals surface area contributed by atoms with Crippen molar-refractivity contribution in [3.05, 3.63) is 0 Å². The fourth-order valence-electron chi connectivity index (χ4n) is 1.19. The number of carbonyl (C=O) groups excluding carboxylic acids is 2. The molecule has 0 radical (unpaired) electrons. The number of alkyl carbamates (subject to hydrolysis) is 1. The third kappa shape index (κ3) is 8.38. The monoisotopic (exact) mass is 296 g/mol. The Morgan fingerprint density at radius 1 is 1.26 bits per heavy atom. The highest BCUT2D eigenvalue weighted by Crippen LogP contribution is 2.08. The maximum atomic E-state index is 11.5. The van der Waals surface area contributed by atoms with Crippen LogP contribution in [0.4, 0.5) is 4.79 Å². The zero-order valence-electron chi connectivity index (χ0n) is 11.6. The van der Waals surface area contributed by atoms with Gasteiger partial charge in [-0.15, -0.1) is 0 Å². The number of nitrogens with two attached hydrogens (primary N) is 1. The molecular weight excluding hydrogens is 276 g/mol. The van der Waals surface area contributed by atoms with Gasteiger partial charge in [0.05, 0.1) is 6.26 Å². The van der Waals surface area contributed by atoms with Crippen molar-refractivity contribution in [3.8, 4) is 0 Å². The molecule has 0 aliphatic rings. The fraction of sp³-hybridized carbons (Fsp3) is 0.800. The lowest BCUT2D eigenvalue weighted by Gasteiger charge is -2.24. The molecule has 0 unspecified atom stereocenters. The molecule has 0 saturated heterocycles. The van der Waals surface area contributed by atoms with Crippen molar-refractivity contribution in [1.29, 1.82) is 0 Å². The van der Waals surface area contributed by atoms with Gasteiger partial charge in [-0.2, -0.15) is 8.42 Å². The maximum Gasteiger partial charge on any atom is 0.408 e. The second-order valence-corrected chi connectivity index (χ2v) is 6.63. The molecule has 0 aliphatic heterocycles. The normalized spacial score (nSPS) is 15.4. The van der Waals surface area contributed by atoms with Crippen LogP contribution >= 0.6 is 0 Å². The van der Waals surface area contributed by atoms with Crippen molar-refractivity contribution in [2.45, 2.75) is 45.4 Å². The van der Waals surface area contributed by atoms with Crippen LogP contribution < -0.4 is 11.1 Å². The standard InChI is InChI=1S/C10H20N2O6S/c1-6(18-19(5,15)16)7(8(11)13)12-9(14)17-10(2,3)4/h6-7H,1-5H3,(H2,11,13)(H,12,14)/t6-,7+/m1/s1. The SMILES string of the molecule is C[C@@H](OS(C)(=O)=O)[C@H](NC(=O)OC(C)(C)C)C(N)=O. The summed E-state index contributed by atoms with van der Waals surface area (Å²) < 4.78 is 31.5. The topological polar surface area (TPSA) is 125 Å². The molecule has 0 aromatic carbocycles. The highest BCUT2D eigenvalue weighted by atomic mass is 32.2. The molecule has 3 N–H and O–H groups in total. The molecule has 2 amide bonds. The molecule has 8 nitrogen and oxygen atoms in total. The number of amides is 2. The Morgan fingerprint density at radius 3 is 2.05 bits per heavy atom. The average Bonchev–Trinajstić information content (AvgIpc) is 2.07. The third-order valence-electron chi connectivity index (χ3n) is 1.77. The van der Waals surface area contributed by atoms with Crippen LogP contribution in [0.5, 0.6) is 0 Å². The first-order valence-electron chi connectivity index (χ1n) is 5.49. The smallest absolute Gasteiger partial charge is 0.408 e. The summed E-state index contributed by atoms with van der Waals surface area (Å²) in [6.07, 6.45) is -1.20. The van der Waals surface area contributed by atoms with Crippen LogP contribution in [0, 0.1) is 0 Å². The number of carbonyl (C=O) groups is 2. The highest BCUT2D eigenvalue weighted by molar-refractivity contribution is 7.86. The van der Waals surface area contributed by atoms with E-state index in [2.05, 4.69) is 9.50 Å². The van der Waals surface area contributed by atoms with E-state index in [1.807, 2.05) is 0 Å². The first kappa shape index (κ1) is 17.6. The van der Waals surface area contributed by atoms with Gasteiger partial charge in [0, 0.05) is 0 Å². The molecule has 0 rings (SSSR count). The van der Waals surface area contributed by atoms with Gasteiger partial charge in [-0.05, 0) is 27.7 Å². The molecular formula is C10H20N2O6S. The van der Waals surface area contributed by atoms with Gasteiger partial charge in [0.15, 0.2) is 0 Å². The quantitative estimate of drug-likeness (QED) is 0.673. The number of hydrogen-bond acceptors (Lipinski definition) is 6. The molecule has 0 aromatic heterocycles. The zero-order valence-corrected chi connectivity index (χ0v) is 12.4. The molecule has 0 heterocycles. The molecule has 9 heteroatoms.